The third-order valence-corrected chi connectivity index (χ3v) is 2.83. The van der Waals surface area contributed by atoms with Crippen molar-refractivity contribution in [1.29, 1.82) is 0 Å². The zero-order valence-electron chi connectivity index (χ0n) is 11.6. The predicted molar refractivity (Wildman–Crippen MR) is 75.3 cm³/mol. The van der Waals surface area contributed by atoms with Gasteiger partial charge < -0.3 is 10.1 Å². The summed E-state index contributed by atoms with van der Waals surface area (Å²) in [7, 11) is 1.61. The van der Waals surface area contributed by atoms with Crippen LogP contribution in [0.25, 0.3) is 0 Å². The highest BCUT2D eigenvalue weighted by atomic mass is 16.5. The van der Waals surface area contributed by atoms with Gasteiger partial charge in [0.15, 0.2) is 0 Å². The van der Waals surface area contributed by atoms with Crippen LogP contribution in [-0.2, 0) is 17.8 Å². The summed E-state index contributed by atoms with van der Waals surface area (Å²) in [6, 6.07) is 9.33. The van der Waals surface area contributed by atoms with Gasteiger partial charge in [0.25, 0.3) is 0 Å². The van der Waals surface area contributed by atoms with E-state index >= 15 is 0 Å². The van der Waals surface area contributed by atoms with Crippen LogP contribution in [0.15, 0.2) is 36.7 Å². The number of hydrogen-bond acceptors (Lipinski definition) is 4. The lowest BCUT2D eigenvalue weighted by molar-refractivity contribution is -0.120. The van der Waals surface area contributed by atoms with E-state index in [4.69, 9.17) is 4.74 Å². The molecule has 0 aliphatic rings. The van der Waals surface area contributed by atoms with Crippen LogP contribution in [0.5, 0.6) is 5.75 Å². The summed E-state index contributed by atoms with van der Waals surface area (Å²) >= 11 is 0. The normalized spacial score (nSPS) is 10.1. The number of ether oxygens (including phenoxy) is 1. The van der Waals surface area contributed by atoms with Crippen LogP contribution in [0.4, 0.5) is 0 Å². The molecule has 5 nitrogen and oxygen atoms in total. The second-order valence-corrected chi connectivity index (χ2v) is 4.46. The Labute approximate surface area is 118 Å². The molecule has 0 unspecified atom stereocenters. The van der Waals surface area contributed by atoms with Crippen molar-refractivity contribution in [2.45, 2.75) is 19.9 Å². The number of aryl methyl sites for hydroxylation is 1. The van der Waals surface area contributed by atoms with Crippen molar-refractivity contribution >= 4 is 5.91 Å². The Morgan fingerprint density at radius 1 is 1.30 bits per heavy atom. The average molecular weight is 271 g/mol. The summed E-state index contributed by atoms with van der Waals surface area (Å²) < 4.78 is 5.13. The molecule has 20 heavy (non-hydrogen) atoms. The molecule has 2 aromatic rings. The van der Waals surface area contributed by atoms with Gasteiger partial charge in [-0.1, -0.05) is 12.1 Å². The molecule has 1 heterocycles. The van der Waals surface area contributed by atoms with Crippen molar-refractivity contribution in [3.05, 3.63) is 53.6 Å². The summed E-state index contributed by atoms with van der Waals surface area (Å²) in [6.45, 7) is 2.30. The highest BCUT2D eigenvalue weighted by molar-refractivity contribution is 5.78. The van der Waals surface area contributed by atoms with Gasteiger partial charge in [0.05, 0.1) is 25.8 Å². The second-order valence-electron chi connectivity index (χ2n) is 4.46. The van der Waals surface area contributed by atoms with Gasteiger partial charge in [-0.05, 0) is 30.7 Å². The Morgan fingerprint density at radius 3 is 2.90 bits per heavy atom. The lowest BCUT2D eigenvalue weighted by Gasteiger charge is -2.06. The standard InChI is InChI=1S/C15H17N3O2/c1-11-6-13(18-10-17-11)9-16-15(19)8-12-4-3-5-14(7-12)20-2/h3-7,10H,8-9H2,1-2H3,(H,16,19). The molecular formula is C15H17N3O2. The molecule has 1 aromatic carbocycles. The topological polar surface area (TPSA) is 64.1 Å². The Hall–Kier alpha value is -2.43. The number of hydrogen-bond donors (Lipinski definition) is 1. The first kappa shape index (κ1) is 14.0. The molecule has 0 spiro atoms. The summed E-state index contributed by atoms with van der Waals surface area (Å²) in [5.41, 5.74) is 2.61. The maximum atomic E-state index is 11.9. The molecule has 1 aromatic heterocycles. The van der Waals surface area contributed by atoms with Crippen LogP contribution in [0.3, 0.4) is 0 Å². The molecule has 1 N–H and O–H groups in total. The SMILES string of the molecule is COc1cccc(CC(=O)NCc2cc(C)ncn2)c1. The minimum Gasteiger partial charge on any atom is -0.497 e. The quantitative estimate of drug-likeness (QED) is 0.898. The van der Waals surface area contributed by atoms with Crippen molar-refractivity contribution in [3.8, 4) is 5.75 Å². The third kappa shape index (κ3) is 4.05. The van der Waals surface area contributed by atoms with Crippen LogP contribution in [-0.4, -0.2) is 23.0 Å². The Kier molecular flexibility index (Phi) is 4.65. The highest BCUT2D eigenvalue weighted by Gasteiger charge is 2.05. The monoisotopic (exact) mass is 271 g/mol. The molecule has 0 radical (unpaired) electrons. The van der Waals surface area contributed by atoms with E-state index in [0.29, 0.717) is 13.0 Å². The van der Waals surface area contributed by atoms with Crippen molar-refractivity contribution in [1.82, 2.24) is 15.3 Å². The van der Waals surface area contributed by atoms with E-state index in [1.165, 1.54) is 6.33 Å². The zero-order chi connectivity index (χ0) is 14.4. The van der Waals surface area contributed by atoms with Gasteiger partial charge in [-0.3, -0.25) is 4.79 Å². The number of amides is 1. The molecule has 1 amide bonds. The number of nitrogens with zero attached hydrogens (tertiary/aromatic N) is 2. The molecule has 0 aliphatic heterocycles. The number of nitrogens with one attached hydrogen (secondary N) is 1. The van der Waals surface area contributed by atoms with Gasteiger partial charge in [0.1, 0.15) is 12.1 Å². The lowest BCUT2D eigenvalue weighted by Crippen LogP contribution is -2.25. The molecular weight excluding hydrogens is 254 g/mol. The largest absolute Gasteiger partial charge is 0.497 e. The summed E-state index contributed by atoms with van der Waals surface area (Å²) in [4.78, 5) is 20.0. The van der Waals surface area contributed by atoms with Gasteiger partial charge in [-0.25, -0.2) is 9.97 Å². The maximum Gasteiger partial charge on any atom is 0.224 e. The van der Waals surface area contributed by atoms with Crippen molar-refractivity contribution in [3.63, 3.8) is 0 Å². The first-order valence-electron chi connectivity index (χ1n) is 6.34. The van der Waals surface area contributed by atoms with Crippen LogP contribution in [0.2, 0.25) is 0 Å². The minimum atomic E-state index is -0.0467. The Balaban J connectivity index is 1.89. The zero-order valence-corrected chi connectivity index (χ0v) is 11.6. The fourth-order valence-corrected chi connectivity index (χ4v) is 1.83. The Bertz CT molecular complexity index is 599. The van der Waals surface area contributed by atoms with E-state index in [0.717, 1.165) is 22.7 Å². The second kappa shape index (κ2) is 6.65. The molecule has 2 rings (SSSR count). The first-order chi connectivity index (χ1) is 9.67. The van der Waals surface area contributed by atoms with E-state index in [1.807, 2.05) is 37.3 Å². The number of aromatic nitrogens is 2. The molecule has 0 fully saturated rings. The first-order valence-corrected chi connectivity index (χ1v) is 6.34. The predicted octanol–water partition coefficient (Wildman–Crippen LogP) is 1.65. The van der Waals surface area contributed by atoms with Gasteiger partial charge >= 0.3 is 0 Å². The van der Waals surface area contributed by atoms with Crippen LogP contribution >= 0.6 is 0 Å². The van der Waals surface area contributed by atoms with Crippen molar-refractivity contribution < 1.29 is 9.53 Å². The lowest BCUT2D eigenvalue weighted by atomic mass is 10.1. The molecule has 104 valence electrons. The number of rotatable bonds is 5. The van der Waals surface area contributed by atoms with Crippen LogP contribution in [0, 0.1) is 6.92 Å². The van der Waals surface area contributed by atoms with E-state index in [9.17, 15) is 4.79 Å². The summed E-state index contributed by atoms with van der Waals surface area (Å²) in [5.74, 6) is 0.705. The number of carbonyl (C=O) groups excluding carboxylic acids is 1. The fraction of sp³-hybridized carbons (Fsp3) is 0.267. The molecule has 0 saturated heterocycles. The van der Waals surface area contributed by atoms with E-state index in [1.54, 1.807) is 7.11 Å². The summed E-state index contributed by atoms with van der Waals surface area (Å²) in [5, 5.41) is 2.84. The third-order valence-electron chi connectivity index (χ3n) is 2.83. The molecule has 0 atom stereocenters. The van der Waals surface area contributed by atoms with Gasteiger partial charge in [-0.15, -0.1) is 0 Å². The van der Waals surface area contributed by atoms with Gasteiger partial charge in [-0.2, -0.15) is 0 Å². The molecule has 5 heteroatoms. The van der Waals surface area contributed by atoms with Gasteiger partial charge in [0, 0.05) is 5.69 Å². The smallest absolute Gasteiger partial charge is 0.224 e. The summed E-state index contributed by atoms with van der Waals surface area (Å²) in [6.07, 6.45) is 1.82. The maximum absolute atomic E-state index is 11.9. The van der Waals surface area contributed by atoms with Gasteiger partial charge in [0.2, 0.25) is 5.91 Å². The number of carbonyl (C=O) groups is 1. The Morgan fingerprint density at radius 2 is 2.15 bits per heavy atom. The highest BCUT2D eigenvalue weighted by Crippen LogP contribution is 2.12. The fourth-order valence-electron chi connectivity index (χ4n) is 1.83. The molecule has 0 saturated carbocycles. The van der Waals surface area contributed by atoms with Crippen LogP contribution < -0.4 is 10.1 Å². The van der Waals surface area contributed by atoms with Crippen molar-refractivity contribution in [2.75, 3.05) is 7.11 Å². The average Bonchev–Trinajstić information content (AvgIpc) is 2.45. The van der Waals surface area contributed by atoms with Crippen LogP contribution in [0.1, 0.15) is 17.0 Å². The molecule has 0 aliphatic carbocycles. The number of methoxy groups -OCH3 is 1. The van der Waals surface area contributed by atoms with E-state index in [2.05, 4.69) is 15.3 Å². The van der Waals surface area contributed by atoms with E-state index < -0.39 is 0 Å². The van der Waals surface area contributed by atoms with E-state index in [-0.39, 0.29) is 5.91 Å². The number of benzene rings is 1. The molecule has 0 bridgehead atoms. The van der Waals surface area contributed by atoms with Crippen molar-refractivity contribution in [2.24, 2.45) is 0 Å². The minimum absolute atomic E-state index is 0.0467.